The van der Waals surface area contributed by atoms with E-state index >= 15 is 0 Å². The molecule has 0 aliphatic rings. The van der Waals surface area contributed by atoms with Gasteiger partial charge in [-0.25, -0.2) is 0 Å². The maximum atomic E-state index is 3.46. The molecule has 1 N–H and O–H groups in total. The predicted molar refractivity (Wildman–Crippen MR) is 65.6 cm³/mol. The summed E-state index contributed by atoms with van der Waals surface area (Å²) in [5.74, 6) is 0.835. The SMILES string of the molecule is CC(C)NCCCC[C@H](C)C(C)(C)C. The second kappa shape index (κ2) is 6.44. The molecule has 86 valence electrons. The Kier molecular flexibility index (Phi) is 6.43. The molecule has 0 bridgehead atoms. The van der Waals surface area contributed by atoms with Crippen molar-refractivity contribution < 1.29 is 0 Å². The molecule has 14 heavy (non-hydrogen) atoms. The van der Waals surface area contributed by atoms with Crippen LogP contribution in [0.1, 0.15) is 60.8 Å². The van der Waals surface area contributed by atoms with Crippen molar-refractivity contribution in [2.24, 2.45) is 11.3 Å². The highest BCUT2D eigenvalue weighted by Gasteiger charge is 2.18. The lowest BCUT2D eigenvalue weighted by molar-refractivity contribution is 0.241. The fraction of sp³-hybridized carbons (Fsp3) is 1.00. The number of rotatable bonds is 6. The predicted octanol–water partition coefficient (Wildman–Crippen LogP) is 3.84. The average Bonchev–Trinajstić information content (AvgIpc) is 2.01. The van der Waals surface area contributed by atoms with Crippen LogP contribution in [0.2, 0.25) is 0 Å². The molecule has 0 saturated heterocycles. The van der Waals surface area contributed by atoms with Gasteiger partial charge in [0.1, 0.15) is 0 Å². The fourth-order valence-corrected chi connectivity index (χ4v) is 1.40. The third-order valence-corrected chi connectivity index (χ3v) is 3.09. The van der Waals surface area contributed by atoms with E-state index < -0.39 is 0 Å². The summed E-state index contributed by atoms with van der Waals surface area (Å²) in [6.07, 6.45) is 4.04. The van der Waals surface area contributed by atoms with Crippen LogP contribution in [0.5, 0.6) is 0 Å². The van der Waals surface area contributed by atoms with Crippen molar-refractivity contribution in [1.29, 1.82) is 0 Å². The van der Waals surface area contributed by atoms with Gasteiger partial charge in [0, 0.05) is 6.04 Å². The highest BCUT2D eigenvalue weighted by Crippen LogP contribution is 2.29. The zero-order valence-corrected chi connectivity index (χ0v) is 11.0. The van der Waals surface area contributed by atoms with Crippen LogP contribution in [0.4, 0.5) is 0 Å². The monoisotopic (exact) mass is 199 g/mol. The van der Waals surface area contributed by atoms with Crippen LogP contribution < -0.4 is 5.32 Å². The van der Waals surface area contributed by atoms with E-state index in [9.17, 15) is 0 Å². The molecule has 0 saturated carbocycles. The molecule has 0 aromatic carbocycles. The van der Waals surface area contributed by atoms with Gasteiger partial charge in [-0.2, -0.15) is 0 Å². The van der Waals surface area contributed by atoms with Gasteiger partial charge in [-0.1, -0.05) is 54.4 Å². The lowest BCUT2D eigenvalue weighted by Gasteiger charge is -2.27. The first-order chi connectivity index (χ1) is 6.34. The Balaban J connectivity index is 3.37. The number of unbranched alkanes of at least 4 members (excludes halogenated alkanes) is 1. The molecule has 1 nitrogen and oxygen atoms in total. The molecule has 1 heteroatoms. The van der Waals surface area contributed by atoms with E-state index in [4.69, 9.17) is 0 Å². The van der Waals surface area contributed by atoms with Crippen molar-refractivity contribution in [1.82, 2.24) is 5.32 Å². The summed E-state index contributed by atoms with van der Waals surface area (Å²) in [4.78, 5) is 0. The van der Waals surface area contributed by atoms with Crippen molar-refractivity contribution in [3.63, 3.8) is 0 Å². The van der Waals surface area contributed by atoms with Crippen LogP contribution in [0.15, 0.2) is 0 Å². The number of nitrogens with one attached hydrogen (secondary N) is 1. The third-order valence-electron chi connectivity index (χ3n) is 3.09. The van der Waals surface area contributed by atoms with E-state index in [1.165, 1.54) is 25.8 Å². The minimum Gasteiger partial charge on any atom is -0.315 e. The number of hydrogen-bond acceptors (Lipinski definition) is 1. The second-order valence-electron chi connectivity index (χ2n) is 5.87. The summed E-state index contributed by atoms with van der Waals surface area (Å²) in [5, 5.41) is 3.46. The molecule has 0 aliphatic carbocycles. The highest BCUT2D eigenvalue weighted by molar-refractivity contribution is 4.69. The van der Waals surface area contributed by atoms with Crippen LogP contribution in [0.25, 0.3) is 0 Å². The quantitative estimate of drug-likeness (QED) is 0.641. The van der Waals surface area contributed by atoms with E-state index in [0.29, 0.717) is 11.5 Å². The molecule has 0 aliphatic heterocycles. The fourth-order valence-electron chi connectivity index (χ4n) is 1.40. The topological polar surface area (TPSA) is 12.0 Å². The van der Waals surface area contributed by atoms with E-state index in [-0.39, 0.29) is 0 Å². The largest absolute Gasteiger partial charge is 0.315 e. The minimum atomic E-state index is 0.478. The van der Waals surface area contributed by atoms with E-state index in [2.05, 4.69) is 46.9 Å². The van der Waals surface area contributed by atoms with Crippen molar-refractivity contribution in [3.8, 4) is 0 Å². The smallest absolute Gasteiger partial charge is 0.00103 e. The highest BCUT2D eigenvalue weighted by atomic mass is 14.9. The summed E-state index contributed by atoms with van der Waals surface area (Å²) in [7, 11) is 0. The van der Waals surface area contributed by atoms with Crippen molar-refractivity contribution >= 4 is 0 Å². The molecule has 0 heterocycles. The van der Waals surface area contributed by atoms with Crippen LogP contribution >= 0.6 is 0 Å². The average molecular weight is 199 g/mol. The zero-order valence-electron chi connectivity index (χ0n) is 11.0. The van der Waals surface area contributed by atoms with Crippen molar-refractivity contribution in [3.05, 3.63) is 0 Å². The zero-order chi connectivity index (χ0) is 11.2. The summed E-state index contributed by atoms with van der Waals surface area (Å²) in [6, 6.07) is 0.634. The normalized spacial score (nSPS) is 14.8. The Bertz CT molecular complexity index is 133. The first-order valence-corrected chi connectivity index (χ1v) is 6.07. The number of hydrogen-bond donors (Lipinski definition) is 1. The molecule has 0 radical (unpaired) electrons. The molecule has 1 atom stereocenters. The molecule has 0 fully saturated rings. The summed E-state index contributed by atoms with van der Waals surface area (Å²) in [6.45, 7) is 15.0. The molecular weight excluding hydrogens is 170 g/mol. The van der Waals surface area contributed by atoms with Gasteiger partial charge in [-0.15, -0.1) is 0 Å². The molecule has 0 spiro atoms. The van der Waals surface area contributed by atoms with Gasteiger partial charge in [0.15, 0.2) is 0 Å². The van der Waals surface area contributed by atoms with E-state index in [1.807, 2.05) is 0 Å². The first-order valence-electron chi connectivity index (χ1n) is 6.07. The molecule has 0 aromatic heterocycles. The van der Waals surface area contributed by atoms with E-state index in [0.717, 1.165) is 5.92 Å². The van der Waals surface area contributed by atoms with Gasteiger partial charge in [0.25, 0.3) is 0 Å². The molecule has 0 unspecified atom stereocenters. The molecular formula is C13H29N. The Morgan fingerprint density at radius 3 is 2.00 bits per heavy atom. The molecule has 0 aromatic rings. The van der Waals surface area contributed by atoms with Crippen LogP contribution in [-0.2, 0) is 0 Å². The van der Waals surface area contributed by atoms with Gasteiger partial charge in [-0.3, -0.25) is 0 Å². The first kappa shape index (κ1) is 14.0. The van der Waals surface area contributed by atoms with Gasteiger partial charge in [-0.05, 0) is 24.3 Å². The van der Waals surface area contributed by atoms with Crippen molar-refractivity contribution in [2.45, 2.75) is 66.8 Å². The Labute approximate surface area is 90.7 Å². The Morgan fingerprint density at radius 2 is 1.57 bits per heavy atom. The summed E-state index contributed by atoms with van der Waals surface area (Å²) in [5.41, 5.74) is 0.478. The summed E-state index contributed by atoms with van der Waals surface area (Å²) >= 11 is 0. The lowest BCUT2D eigenvalue weighted by Crippen LogP contribution is -2.24. The Hall–Kier alpha value is -0.0400. The molecule has 0 rings (SSSR count). The molecule has 0 amide bonds. The van der Waals surface area contributed by atoms with Gasteiger partial charge in [0.05, 0.1) is 0 Å². The van der Waals surface area contributed by atoms with Crippen LogP contribution in [0, 0.1) is 11.3 Å². The van der Waals surface area contributed by atoms with Crippen LogP contribution in [-0.4, -0.2) is 12.6 Å². The Morgan fingerprint density at radius 1 is 1.00 bits per heavy atom. The third kappa shape index (κ3) is 7.37. The van der Waals surface area contributed by atoms with E-state index in [1.54, 1.807) is 0 Å². The maximum absolute atomic E-state index is 3.46. The van der Waals surface area contributed by atoms with Gasteiger partial charge in [0.2, 0.25) is 0 Å². The lowest BCUT2D eigenvalue weighted by atomic mass is 9.79. The maximum Gasteiger partial charge on any atom is 0.00103 e. The second-order valence-corrected chi connectivity index (χ2v) is 5.87. The summed E-state index contributed by atoms with van der Waals surface area (Å²) < 4.78 is 0. The van der Waals surface area contributed by atoms with Crippen molar-refractivity contribution in [2.75, 3.05) is 6.54 Å². The minimum absolute atomic E-state index is 0.478. The van der Waals surface area contributed by atoms with Gasteiger partial charge < -0.3 is 5.32 Å². The van der Waals surface area contributed by atoms with Crippen LogP contribution in [0.3, 0.4) is 0 Å². The standard InChI is InChI=1S/C13H29N/c1-11(2)14-10-8-7-9-12(3)13(4,5)6/h11-12,14H,7-10H2,1-6H3/t12-/m0/s1. The van der Waals surface area contributed by atoms with Gasteiger partial charge >= 0.3 is 0 Å².